The topological polar surface area (TPSA) is 52.6 Å². The second kappa shape index (κ2) is 44.5. The molecule has 0 aliphatic rings. The second-order valence-electron chi connectivity index (χ2n) is 17.9. The van der Waals surface area contributed by atoms with Crippen molar-refractivity contribution in [1.29, 1.82) is 0 Å². The van der Waals surface area contributed by atoms with Gasteiger partial charge in [-0.15, -0.1) is 0 Å². The molecule has 0 aromatic carbocycles. The monoisotopic (exact) mass is 949 g/mol. The molecule has 0 aliphatic carbocycles. The Morgan fingerprint density at radius 1 is 0.351 bits per heavy atom. The van der Waals surface area contributed by atoms with E-state index in [1.807, 2.05) is 0 Å². The molecular formula is C50H100O4S2Sn. The van der Waals surface area contributed by atoms with Crippen molar-refractivity contribution < 1.29 is 15.7 Å². The Hall–Kier alpha value is 0.439. The molecule has 4 nitrogen and oxygen atoms in total. The first-order valence-corrected chi connectivity index (χ1v) is 33.2. The third kappa shape index (κ3) is 35.7. The standard InChI is InChI=1S/2C21H42O2S.2C4H9.Sn/c2*1-2-3-4-5-6-7-8-9-10-11-12-13-14-15-16-17-18-20(19-24)21(22)23;2*1-3-4-2;/h2*20,24H,2-19H2,1H3,(H,22,23);2*1,3-4H2,2H3;/q;;;;+2/p-2. The van der Waals surface area contributed by atoms with Gasteiger partial charge in [0.15, 0.2) is 0 Å². The molecule has 2 atom stereocenters. The van der Waals surface area contributed by atoms with E-state index < -0.39 is 19.2 Å². The van der Waals surface area contributed by atoms with E-state index >= 15 is 0 Å². The van der Waals surface area contributed by atoms with Crippen LogP contribution in [0.3, 0.4) is 0 Å². The number of thiol groups is 2. The van der Waals surface area contributed by atoms with Gasteiger partial charge in [0.1, 0.15) is 0 Å². The summed E-state index contributed by atoms with van der Waals surface area (Å²) in [5.41, 5.74) is 0. The van der Waals surface area contributed by atoms with E-state index in [2.05, 4.69) is 53.0 Å². The van der Waals surface area contributed by atoms with Gasteiger partial charge in [0, 0.05) is 0 Å². The number of hydrogen-bond donors (Lipinski definition) is 2. The van der Waals surface area contributed by atoms with E-state index in [1.54, 1.807) is 0 Å². The Kier molecular flexibility index (Phi) is 44.8. The van der Waals surface area contributed by atoms with Crippen molar-refractivity contribution in [2.24, 2.45) is 11.8 Å². The molecule has 0 fully saturated rings. The first-order valence-electron chi connectivity index (χ1n) is 25.6. The average molecular weight is 948 g/mol. The molecule has 0 radical (unpaired) electrons. The van der Waals surface area contributed by atoms with Gasteiger partial charge in [-0.1, -0.05) is 117 Å². The van der Waals surface area contributed by atoms with Crippen molar-refractivity contribution in [3.05, 3.63) is 0 Å². The maximum atomic E-state index is 13.7. The summed E-state index contributed by atoms with van der Waals surface area (Å²) in [6, 6.07) is 0. The van der Waals surface area contributed by atoms with Crippen LogP contribution in [0.4, 0.5) is 0 Å². The zero-order valence-electron chi connectivity index (χ0n) is 38.9. The number of rotatable bonds is 46. The van der Waals surface area contributed by atoms with Gasteiger partial charge in [0.25, 0.3) is 0 Å². The van der Waals surface area contributed by atoms with Gasteiger partial charge in [-0.25, -0.2) is 0 Å². The summed E-state index contributed by atoms with van der Waals surface area (Å²) in [4.78, 5) is 27.5. The smallest absolute Gasteiger partial charge is 0.0654 e. The maximum absolute atomic E-state index is 13.7. The van der Waals surface area contributed by atoms with Crippen molar-refractivity contribution in [2.45, 2.75) is 281 Å². The predicted molar refractivity (Wildman–Crippen MR) is 260 cm³/mol. The molecule has 0 saturated carbocycles. The molecule has 0 aromatic heterocycles. The minimum absolute atomic E-state index is 0.151. The van der Waals surface area contributed by atoms with Gasteiger partial charge in [-0.3, -0.25) is 0 Å². The summed E-state index contributed by atoms with van der Waals surface area (Å²) in [6.07, 6.45) is 48.5. The molecule has 0 aliphatic heterocycles. The first kappa shape index (κ1) is 57.4. The molecule has 7 heteroatoms. The molecule has 340 valence electrons. The van der Waals surface area contributed by atoms with Crippen LogP contribution < -0.4 is 0 Å². The van der Waals surface area contributed by atoms with E-state index in [-0.39, 0.29) is 23.8 Å². The van der Waals surface area contributed by atoms with Crippen molar-refractivity contribution >= 4 is 56.4 Å². The summed E-state index contributed by atoms with van der Waals surface area (Å²) >= 11 is 5.17. The van der Waals surface area contributed by atoms with Crippen molar-refractivity contribution in [3.63, 3.8) is 0 Å². The van der Waals surface area contributed by atoms with Crippen LogP contribution in [0.15, 0.2) is 0 Å². The van der Waals surface area contributed by atoms with Crippen LogP contribution in [0.5, 0.6) is 0 Å². The summed E-state index contributed by atoms with van der Waals surface area (Å²) in [5.74, 6) is 0.248. The summed E-state index contributed by atoms with van der Waals surface area (Å²) < 4.78 is 14.6. The molecular weight excluding hydrogens is 847 g/mol. The van der Waals surface area contributed by atoms with Gasteiger partial charge in [0.2, 0.25) is 0 Å². The Balaban J connectivity index is 4.56. The normalized spacial score (nSPS) is 12.9. The first-order chi connectivity index (χ1) is 27.9. The van der Waals surface area contributed by atoms with Crippen LogP contribution in [0.1, 0.15) is 272 Å². The molecule has 0 N–H and O–H groups in total. The average Bonchev–Trinajstić information content (AvgIpc) is 3.21. The van der Waals surface area contributed by atoms with Crippen LogP contribution in [0, 0.1) is 11.8 Å². The van der Waals surface area contributed by atoms with E-state index in [4.69, 9.17) is 6.15 Å². The zero-order chi connectivity index (χ0) is 41.9. The van der Waals surface area contributed by atoms with Crippen LogP contribution in [-0.2, 0) is 15.7 Å². The second-order valence-corrected chi connectivity index (χ2v) is 27.9. The molecule has 0 amide bonds. The SMILES string of the molecule is CCCCCCCCCCCCCCCCCCC(CS)C(=O)[O][Sn]([CH2]CCC)([CH2]CCC)[O]C(=O)C(CS)CCCCCCCCCCCCCCCCCC. The molecule has 2 unspecified atom stereocenters. The predicted octanol–water partition coefficient (Wildman–Crippen LogP) is 17.5. The Morgan fingerprint density at radius 2 is 0.561 bits per heavy atom. The van der Waals surface area contributed by atoms with E-state index in [0.717, 1.165) is 73.1 Å². The van der Waals surface area contributed by atoms with Crippen molar-refractivity contribution in [3.8, 4) is 0 Å². The summed E-state index contributed by atoms with van der Waals surface area (Å²) in [5, 5.41) is 0. The molecule has 0 rings (SSSR count). The van der Waals surface area contributed by atoms with E-state index in [9.17, 15) is 9.59 Å². The third-order valence-electron chi connectivity index (χ3n) is 12.3. The van der Waals surface area contributed by atoms with Gasteiger partial charge in [-0.2, -0.15) is 0 Å². The minimum Gasteiger partial charge on any atom is -0.0654 e. The number of carbonyl (C=O) groups is 2. The van der Waals surface area contributed by atoms with Crippen molar-refractivity contribution in [1.82, 2.24) is 0 Å². The third-order valence-corrected chi connectivity index (χ3v) is 22.8. The van der Waals surface area contributed by atoms with Crippen LogP contribution >= 0.6 is 25.3 Å². The van der Waals surface area contributed by atoms with Gasteiger partial charge in [-0.05, 0) is 0 Å². The zero-order valence-corrected chi connectivity index (χ0v) is 43.5. The molecule has 0 aromatic rings. The fraction of sp³-hybridized carbons (Fsp3) is 0.960. The molecule has 57 heavy (non-hydrogen) atoms. The summed E-state index contributed by atoms with van der Waals surface area (Å²) in [6.45, 7) is 8.91. The Labute approximate surface area is 373 Å². The minimum atomic E-state index is -4.04. The number of unbranched alkanes of at least 4 members (excludes halogenated alkanes) is 32. The number of carbonyl (C=O) groups excluding carboxylic acids is 2. The van der Waals surface area contributed by atoms with Crippen LogP contribution in [0.2, 0.25) is 8.87 Å². The summed E-state index contributed by atoms with van der Waals surface area (Å²) in [7, 11) is 0. The van der Waals surface area contributed by atoms with E-state index in [1.165, 1.54) is 180 Å². The fourth-order valence-corrected chi connectivity index (χ4v) is 19.0. The van der Waals surface area contributed by atoms with Crippen LogP contribution in [-0.4, -0.2) is 42.6 Å². The Bertz CT molecular complexity index is 790. The Morgan fingerprint density at radius 3 is 0.772 bits per heavy atom. The van der Waals surface area contributed by atoms with Gasteiger partial charge in [0.05, 0.1) is 0 Å². The molecule has 0 spiro atoms. The quantitative estimate of drug-likeness (QED) is 0.0363. The van der Waals surface area contributed by atoms with E-state index in [0.29, 0.717) is 11.5 Å². The van der Waals surface area contributed by atoms with Crippen molar-refractivity contribution in [2.75, 3.05) is 11.5 Å². The number of hydrogen-bond acceptors (Lipinski definition) is 6. The van der Waals surface area contributed by atoms with Crippen LogP contribution in [0.25, 0.3) is 0 Å². The molecule has 0 heterocycles. The van der Waals surface area contributed by atoms with Gasteiger partial charge < -0.3 is 0 Å². The molecule has 0 bridgehead atoms. The fourth-order valence-electron chi connectivity index (χ4n) is 8.22. The molecule has 0 saturated heterocycles. The van der Waals surface area contributed by atoms with Gasteiger partial charge >= 0.3 is 259 Å².